The average Bonchev–Trinajstić information content (AvgIpc) is 3.25. The summed E-state index contributed by atoms with van der Waals surface area (Å²) in [6, 6.07) is 3.02. The molecule has 0 spiro atoms. The molecule has 0 saturated carbocycles. The Hall–Kier alpha value is -3.32. The van der Waals surface area contributed by atoms with E-state index in [4.69, 9.17) is 10.5 Å². The van der Waals surface area contributed by atoms with Gasteiger partial charge in [0.05, 0.1) is 35.3 Å². The van der Waals surface area contributed by atoms with E-state index in [0.717, 1.165) is 55.7 Å². The minimum Gasteiger partial charge on any atom is -0.481 e. The summed E-state index contributed by atoms with van der Waals surface area (Å²) < 4.78 is 79.3. The predicted octanol–water partition coefficient (Wildman–Crippen LogP) is 4.72. The van der Waals surface area contributed by atoms with Crippen LogP contribution < -0.4 is 21.1 Å². The number of hydrogen-bond donors (Lipinski definition) is 3. The van der Waals surface area contributed by atoms with E-state index < -0.39 is 51.9 Å². The number of alkyl halides is 3. The normalized spacial score (nSPS) is 14.7. The molecule has 0 bridgehead atoms. The molecular weight excluding hydrogens is 493 g/mol. The molecule has 0 radical (unpaired) electrons. The molecule has 186 valence electrons. The Bertz CT molecular complexity index is 1210. The van der Waals surface area contributed by atoms with E-state index in [9.17, 15) is 26.7 Å². The molecule has 2 aromatic heterocycles. The number of benzene rings is 1. The highest BCUT2D eigenvalue weighted by Gasteiger charge is 2.37. The minimum absolute atomic E-state index is 0.175. The topological polar surface area (TPSA) is 102 Å². The summed E-state index contributed by atoms with van der Waals surface area (Å²) >= 11 is 0.987. The number of nitrogen functional groups attached to an aromatic ring is 1. The molecule has 0 atom stereocenters. The quantitative estimate of drug-likeness (QED) is 0.413. The molecular formula is C22H20F5N5O2S. The summed E-state index contributed by atoms with van der Waals surface area (Å²) in [5.74, 6) is -3.20. The zero-order valence-electron chi connectivity index (χ0n) is 18.1. The summed E-state index contributed by atoms with van der Waals surface area (Å²) in [5, 5.41) is 6.02. The van der Waals surface area contributed by atoms with Crippen LogP contribution in [0.4, 0.5) is 33.3 Å². The van der Waals surface area contributed by atoms with Gasteiger partial charge in [-0.3, -0.25) is 4.79 Å². The van der Waals surface area contributed by atoms with Gasteiger partial charge in [0.1, 0.15) is 17.3 Å². The molecule has 35 heavy (non-hydrogen) atoms. The van der Waals surface area contributed by atoms with Crippen LogP contribution in [0, 0.1) is 17.6 Å². The van der Waals surface area contributed by atoms with Gasteiger partial charge in [0.25, 0.3) is 5.91 Å². The van der Waals surface area contributed by atoms with E-state index in [1.165, 1.54) is 6.20 Å². The average molecular weight is 513 g/mol. The molecule has 0 unspecified atom stereocenters. The smallest absolute Gasteiger partial charge is 0.418 e. The molecule has 4 rings (SSSR count). The van der Waals surface area contributed by atoms with Crippen molar-refractivity contribution in [3.8, 4) is 16.3 Å². The SMILES string of the molecule is Nc1cc(C(F)(F)F)c(-c2c(F)cccc2F)nc1C(=O)Nc1cnsc1OCC1CCNCC1. The second kappa shape index (κ2) is 10.1. The second-order valence-corrected chi connectivity index (χ2v) is 8.67. The van der Waals surface area contributed by atoms with Gasteiger partial charge >= 0.3 is 6.18 Å². The van der Waals surface area contributed by atoms with E-state index in [-0.39, 0.29) is 5.69 Å². The van der Waals surface area contributed by atoms with Crippen molar-refractivity contribution < 1.29 is 31.5 Å². The van der Waals surface area contributed by atoms with Crippen molar-refractivity contribution in [2.45, 2.75) is 19.0 Å². The lowest BCUT2D eigenvalue weighted by Gasteiger charge is -2.22. The number of carbonyl (C=O) groups excluding carboxylic acids is 1. The van der Waals surface area contributed by atoms with Gasteiger partial charge in [-0.15, -0.1) is 0 Å². The van der Waals surface area contributed by atoms with Crippen LogP contribution in [-0.4, -0.2) is 35.0 Å². The summed E-state index contributed by atoms with van der Waals surface area (Å²) in [6.07, 6.45) is -1.85. The number of nitrogens with two attached hydrogens (primary N) is 1. The number of nitrogens with one attached hydrogen (secondary N) is 2. The fourth-order valence-electron chi connectivity index (χ4n) is 3.68. The fourth-order valence-corrected chi connectivity index (χ4v) is 4.26. The number of ether oxygens (including phenoxy) is 1. The van der Waals surface area contributed by atoms with Gasteiger partial charge < -0.3 is 21.1 Å². The van der Waals surface area contributed by atoms with E-state index >= 15 is 0 Å². The molecule has 1 saturated heterocycles. The van der Waals surface area contributed by atoms with Gasteiger partial charge in [-0.1, -0.05) is 6.07 Å². The number of pyridine rings is 1. The summed E-state index contributed by atoms with van der Waals surface area (Å²) in [5.41, 5.74) is 1.06. The lowest BCUT2D eigenvalue weighted by Crippen LogP contribution is -2.30. The van der Waals surface area contributed by atoms with Gasteiger partial charge in [0.15, 0.2) is 5.69 Å². The Morgan fingerprint density at radius 3 is 2.57 bits per heavy atom. The first-order valence-electron chi connectivity index (χ1n) is 10.6. The van der Waals surface area contributed by atoms with E-state index in [2.05, 4.69) is 20.0 Å². The standard InChI is InChI=1S/C22H20F5N5O2S/c23-13-2-1-3-14(24)17(13)18-12(22(25,26)27)8-15(28)19(32-18)20(33)31-16-9-30-35-21(16)34-10-11-4-6-29-7-5-11/h1-3,8-9,11,29H,4-7,10,28H2,(H,31,33). The van der Waals surface area contributed by atoms with Crippen LogP contribution in [0.2, 0.25) is 0 Å². The van der Waals surface area contributed by atoms with E-state index in [1.54, 1.807) is 0 Å². The lowest BCUT2D eigenvalue weighted by atomic mass is 9.99. The van der Waals surface area contributed by atoms with Gasteiger partial charge in [-0.2, -0.15) is 17.5 Å². The molecule has 4 N–H and O–H groups in total. The number of nitrogens with zero attached hydrogens (tertiary/aromatic N) is 2. The number of hydrogen-bond acceptors (Lipinski definition) is 7. The van der Waals surface area contributed by atoms with Crippen LogP contribution in [0.25, 0.3) is 11.3 Å². The molecule has 1 amide bonds. The summed E-state index contributed by atoms with van der Waals surface area (Å²) in [4.78, 5) is 16.6. The van der Waals surface area contributed by atoms with Crippen molar-refractivity contribution in [3.63, 3.8) is 0 Å². The predicted molar refractivity (Wildman–Crippen MR) is 120 cm³/mol. The zero-order chi connectivity index (χ0) is 25.2. The fraction of sp³-hybridized carbons (Fsp3) is 0.318. The maximum atomic E-state index is 14.3. The molecule has 13 heteroatoms. The molecule has 1 aliphatic heterocycles. The first kappa shape index (κ1) is 24.8. The maximum absolute atomic E-state index is 14.3. The number of halogens is 5. The molecule has 7 nitrogen and oxygen atoms in total. The number of piperidine rings is 1. The Balaban J connectivity index is 1.63. The number of amides is 1. The molecule has 1 aromatic carbocycles. The van der Waals surface area contributed by atoms with Crippen LogP contribution in [0.3, 0.4) is 0 Å². The summed E-state index contributed by atoms with van der Waals surface area (Å²) in [6.45, 7) is 2.17. The Morgan fingerprint density at radius 1 is 1.23 bits per heavy atom. The van der Waals surface area contributed by atoms with Crippen LogP contribution >= 0.6 is 11.5 Å². The molecule has 1 fully saturated rings. The van der Waals surface area contributed by atoms with Gasteiger partial charge in [-0.05, 0) is 50.0 Å². The van der Waals surface area contributed by atoms with Crippen molar-refractivity contribution in [2.24, 2.45) is 5.92 Å². The number of aromatic nitrogens is 2. The highest BCUT2D eigenvalue weighted by atomic mass is 32.1. The molecule has 0 aliphatic carbocycles. The van der Waals surface area contributed by atoms with Crippen molar-refractivity contribution in [1.82, 2.24) is 14.7 Å². The second-order valence-electron chi connectivity index (χ2n) is 7.90. The maximum Gasteiger partial charge on any atom is 0.418 e. The third kappa shape index (κ3) is 5.51. The highest BCUT2D eigenvalue weighted by Crippen LogP contribution is 2.40. The Labute approximate surface area is 200 Å². The molecule has 1 aliphatic rings. The lowest BCUT2D eigenvalue weighted by molar-refractivity contribution is -0.137. The van der Waals surface area contributed by atoms with Crippen molar-refractivity contribution in [2.75, 3.05) is 30.7 Å². The van der Waals surface area contributed by atoms with Crippen molar-refractivity contribution >= 4 is 28.8 Å². The minimum atomic E-state index is -5.03. The first-order chi connectivity index (χ1) is 16.6. The Morgan fingerprint density at radius 2 is 1.91 bits per heavy atom. The van der Waals surface area contributed by atoms with Crippen LogP contribution in [-0.2, 0) is 6.18 Å². The first-order valence-corrected chi connectivity index (χ1v) is 11.3. The third-order valence-corrected chi connectivity index (χ3v) is 6.18. The van der Waals surface area contributed by atoms with Crippen LogP contribution in [0.15, 0.2) is 30.5 Å². The largest absolute Gasteiger partial charge is 0.481 e. The molecule has 3 heterocycles. The monoisotopic (exact) mass is 513 g/mol. The van der Waals surface area contributed by atoms with Crippen molar-refractivity contribution in [1.29, 1.82) is 0 Å². The number of carbonyl (C=O) groups is 1. The zero-order valence-corrected chi connectivity index (χ0v) is 18.9. The molecule has 3 aromatic rings. The third-order valence-electron chi connectivity index (χ3n) is 5.47. The van der Waals surface area contributed by atoms with Crippen LogP contribution in [0.1, 0.15) is 28.9 Å². The summed E-state index contributed by atoms with van der Waals surface area (Å²) in [7, 11) is 0. The van der Waals surface area contributed by atoms with Crippen LogP contribution in [0.5, 0.6) is 5.06 Å². The van der Waals surface area contributed by atoms with E-state index in [0.29, 0.717) is 23.7 Å². The number of anilines is 2. The Kier molecular flexibility index (Phi) is 7.17. The van der Waals surface area contributed by atoms with Gasteiger partial charge in [0, 0.05) is 11.5 Å². The van der Waals surface area contributed by atoms with Gasteiger partial charge in [-0.25, -0.2) is 13.8 Å². The van der Waals surface area contributed by atoms with E-state index in [1.807, 2.05) is 0 Å². The van der Waals surface area contributed by atoms with Crippen molar-refractivity contribution in [3.05, 3.63) is 53.4 Å². The van der Waals surface area contributed by atoms with Gasteiger partial charge in [0.2, 0.25) is 5.06 Å². The number of rotatable bonds is 6. The highest BCUT2D eigenvalue weighted by molar-refractivity contribution is 7.08.